The molecule has 0 amide bonds. The van der Waals surface area contributed by atoms with E-state index in [1.807, 2.05) is 59.1 Å². The van der Waals surface area contributed by atoms with Crippen LogP contribution in [-0.4, -0.2) is 15.6 Å². The molecule has 0 bridgehead atoms. The Morgan fingerprint density at radius 2 is 1.96 bits per heavy atom. The van der Waals surface area contributed by atoms with Crippen LogP contribution >= 0.6 is 34.2 Å². The van der Waals surface area contributed by atoms with Crippen molar-refractivity contribution in [2.24, 2.45) is 4.99 Å². The quantitative estimate of drug-likeness (QED) is 0.303. The molecule has 0 fully saturated rings. The summed E-state index contributed by atoms with van der Waals surface area (Å²) in [6.45, 7) is 0. The number of halogens is 2. The van der Waals surface area contributed by atoms with Crippen molar-refractivity contribution in [2.45, 2.75) is 0 Å². The summed E-state index contributed by atoms with van der Waals surface area (Å²) in [5, 5.41) is 0.622. The van der Waals surface area contributed by atoms with Crippen LogP contribution in [0, 0.1) is 3.57 Å². The second-order valence-electron chi connectivity index (χ2n) is 5.15. The van der Waals surface area contributed by atoms with Crippen LogP contribution in [0.4, 0.5) is 5.82 Å². The number of aliphatic imine (C=N–C) groups is 1. The number of pyridine rings is 1. The smallest absolute Gasteiger partial charge is 0.168 e. The van der Waals surface area contributed by atoms with Gasteiger partial charge in [0.15, 0.2) is 17.3 Å². The Morgan fingerprint density at radius 1 is 1.12 bits per heavy atom. The largest absolute Gasteiger partial charge is 0.463 e. The van der Waals surface area contributed by atoms with Gasteiger partial charge in [0.1, 0.15) is 5.65 Å². The Kier molecular flexibility index (Phi) is 4.12. The minimum atomic E-state index is 0.622. The van der Waals surface area contributed by atoms with E-state index < -0.39 is 0 Å². The third-order valence-corrected chi connectivity index (χ3v) is 4.46. The highest BCUT2D eigenvalue weighted by Crippen LogP contribution is 2.32. The highest BCUT2D eigenvalue weighted by atomic mass is 127. The van der Waals surface area contributed by atoms with Crippen LogP contribution < -0.4 is 0 Å². The first-order valence-electron chi connectivity index (χ1n) is 7.22. The SMILES string of the molecule is Clc1ccc2nc(-c3ccco3)c(/N=C/c3ccc(I)cc3)n2c1. The van der Waals surface area contributed by atoms with Gasteiger partial charge >= 0.3 is 0 Å². The molecule has 0 saturated carbocycles. The van der Waals surface area contributed by atoms with E-state index in [1.54, 1.807) is 12.5 Å². The molecule has 0 atom stereocenters. The third-order valence-electron chi connectivity index (χ3n) is 3.52. The van der Waals surface area contributed by atoms with Crippen LogP contribution in [0.3, 0.4) is 0 Å². The van der Waals surface area contributed by atoms with E-state index in [1.165, 1.54) is 3.57 Å². The lowest BCUT2D eigenvalue weighted by Gasteiger charge is -1.99. The molecular formula is C18H11ClIN3O. The summed E-state index contributed by atoms with van der Waals surface area (Å²) < 4.78 is 8.55. The van der Waals surface area contributed by atoms with Gasteiger partial charge < -0.3 is 4.42 Å². The van der Waals surface area contributed by atoms with Crippen molar-refractivity contribution in [1.29, 1.82) is 0 Å². The van der Waals surface area contributed by atoms with Gasteiger partial charge in [-0.15, -0.1) is 0 Å². The van der Waals surface area contributed by atoms with Crippen molar-refractivity contribution in [1.82, 2.24) is 9.38 Å². The standard InChI is InChI=1S/C18H11ClIN3O/c19-13-5-8-16-22-17(15-2-1-9-24-15)18(23(16)11-13)21-10-12-3-6-14(20)7-4-12/h1-11H/b21-10+. The van der Waals surface area contributed by atoms with E-state index >= 15 is 0 Å². The maximum Gasteiger partial charge on any atom is 0.168 e. The van der Waals surface area contributed by atoms with Crippen molar-refractivity contribution in [3.63, 3.8) is 0 Å². The molecule has 1 aromatic carbocycles. The van der Waals surface area contributed by atoms with Crippen LogP contribution in [-0.2, 0) is 0 Å². The number of fused-ring (bicyclic) bond motifs is 1. The van der Waals surface area contributed by atoms with Crippen molar-refractivity contribution in [3.05, 3.63) is 75.1 Å². The summed E-state index contributed by atoms with van der Waals surface area (Å²) >= 11 is 8.41. The Hall–Kier alpha value is -2.12. The molecule has 4 rings (SSSR count). The average molecular weight is 448 g/mol. The Bertz CT molecular complexity index is 1020. The molecule has 3 heterocycles. The molecule has 24 heavy (non-hydrogen) atoms. The number of furan rings is 1. The van der Waals surface area contributed by atoms with E-state index in [0.717, 1.165) is 11.2 Å². The van der Waals surface area contributed by atoms with Gasteiger partial charge in [0.05, 0.1) is 11.3 Å². The van der Waals surface area contributed by atoms with Crippen molar-refractivity contribution < 1.29 is 4.42 Å². The second kappa shape index (κ2) is 6.41. The molecule has 3 aromatic heterocycles. The van der Waals surface area contributed by atoms with Gasteiger partial charge in [0.25, 0.3) is 0 Å². The number of benzene rings is 1. The van der Waals surface area contributed by atoms with Gasteiger partial charge in [0.2, 0.25) is 0 Å². The van der Waals surface area contributed by atoms with Crippen molar-refractivity contribution in [3.8, 4) is 11.5 Å². The summed E-state index contributed by atoms with van der Waals surface area (Å²) in [6, 6.07) is 15.5. The van der Waals surface area contributed by atoms with Gasteiger partial charge in [-0.1, -0.05) is 23.7 Å². The molecule has 6 heteroatoms. The molecule has 0 aliphatic rings. The molecule has 0 unspecified atom stereocenters. The highest BCUT2D eigenvalue weighted by Gasteiger charge is 2.15. The highest BCUT2D eigenvalue weighted by molar-refractivity contribution is 14.1. The fraction of sp³-hybridized carbons (Fsp3) is 0. The zero-order valence-corrected chi connectivity index (χ0v) is 15.3. The van der Waals surface area contributed by atoms with E-state index in [4.69, 9.17) is 16.0 Å². The fourth-order valence-corrected chi connectivity index (χ4v) is 2.91. The van der Waals surface area contributed by atoms with Gasteiger partial charge in [-0.3, -0.25) is 4.40 Å². The topological polar surface area (TPSA) is 42.8 Å². The number of hydrogen-bond donors (Lipinski definition) is 0. The first kappa shape index (κ1) is 15.4. The second-order valence-corrected chi connectivity index (χ2v) is 6.83. The molecule has 0 spiro atoms. The van der Waals surface area contributed by atoms with Crippen LogP contribution in [0.1, 0.15) is 5.56 Å². The van der Waals surface area contributed by atoms with Crippen LogP contribution in [0.5, 0.6) is 0 Å². The predicted octanol–water partition coefficient (Wildman–Crippen LogP) is 5.60. The maximum absolute atomic E-state index is 6.13. The first-order valence-corrected chi connectivity index (χ1v) is 8.67. The summed E-state index contributed by atoms with van der Waals surface area (Å²) in [6.07, 6.45) is 5.24. The molecular weight excluding hydrogens is 437 g/mol. The van der Waals surface area contributed by atoms with E-state index in [9.17, 15) is 0 Å². The molecule has 118 valence electrons. The zero-order valence-electron chi connectivity index (χ0n) is 12.4. The van der Waals surface area contributed by atoms with Crippen molar-refractivity contribution >= 4 is 51.9 Å². The molecule has 4 aromatic rings. The fourth-order valence-electron chi connectivity index (χ4n) is 2.39. The molecule has 0 N–H and O–H groups in total. The summed E-state index contributed by atoms with van der Waals surface area (Å²) in [7, 11) is 0. The predicted molar refractivity (Wildman–Crippen MR) is 104 cm³/mol. The van der Waals surface area contributed by atoms with Crippen LogP contribution in [0.2, 0.25) is 5.02 Å². The number of nitrogens with zero attached hydrogens (tertiary/aromatic N) is 3. The lowest BCUT2D eigenvalue weighted by atomic mass is 10.2. The van der Waals surface area contributed by atoms with E-state index in [-0.39, 0.29) is 0 Å². The molecule has 4 nitrogen and oxygen atoms in total. The minimum Gasteiger partial charge on any atom is -0.463 e. The molecule has 0 aliphatic carbocycles. The first-order chi connectivity index (χ1) is 11.7. The van der Waals surface area contributed by atoms with Gasteiger partial charge in [0, 0.05) is 16.0 Å². The lowest BCUT2D eigenvalue weighted by Crippen LogP contribution is -1.85. The lowest BCUT2D eigenvalue weighted by molar-refractivity contribution is 0.580. The summed E-state index contributed by atoms with van der Waals surface area (Å²) in [4.78, 5) is 9.26. The number of rotatable bonds is 3. The Morgan fingerprint density at radius 3 is 2.71 bits per heavy atom. The van der Waals surface area contributed by atoms with Crippen LogP contribution in [0.15, 0.2) is 70.4 Å². The Balaban J connectivity index is 1.87. The third kappa shape index (κ3) is 2.97. The molecule has 0 saturated heterocycles. The normalized spacial score (nSPS) is 11.6. The van der Waals surface area contributed by atoms with Gasteiger partial charge in [-0.2, -0.15) is 0 Å². The van der Waals surface area contributed by atoms with Gasteiger partial charge in [-0.05, 0) is 64.6 Å². The zero-order chi connectivity index (χ0) is 16.5. The number of hydrogen-bond acceptors (Lipinski definition) is 3. The minimum absolute atomic E-state index is 0.622. The Labute approximate surface area is 157 Å². The van der Waals surface area contributed by atoms with Crippen LogP contribution in [0.25, 0.3) is 17.1 Å². The monoisotopic (exact) mass is 447 g/mol. The van der Waals surface area contributed by atoms with Gasteiger partial charge in [-0.25, -0.2) is 9.98 Å². The summed E-state index contributed by atoms with van der Waals surface area (Å²) in [5.41, 5.74) is 2.46. The average Bonchev–Trinajstić information content (AvgIpc) is 3.21. The van der Waals surface area contributed by atoms with E-state index in [0.29, 0.717) is 22.3 Å². The molecule has 0 radical (unpaired) electrons. The van der Waals surface area contributed by atoms with E-state index in [2.05, 4.69) is 32.6 Å². The maximum atomic E-state index is 6.13. The number of imidazole rings is 1. The summed E-state index contributed by atoms with van der Waals surface area (Å²) in [5.74, 6) is 1.35. The molecule has 0 aliphatic heterocycles. The van der Waals surface area contributed by atoms with Crippen molar-refractivity contribution in [2.75, 3.05) is 0 Å². The number of aromatic nitrogens is 2.